The van der Waals surface area contributed by atoms with Gasteiger partial charge in [0.25, 0.3) is 0 Å². The zero-order valence-corrected chi connectivity index (χ0v) is 14.2. The van der Waals surface area contributed by atoms with Crippen LogP contribution in [0.2, 0.25) is 0 Å². The summed E-state index contributed by atoms with van der Waals surface area (Å²) in [7, 11) is 0. The molecule has 1 aliphatic carbocycles. The average Bonchev–Trinajstić information content (AvgIpc) is 2.96. The molecule has 5 nitrogen and oxygen atoms in total. The zero-order valence-electron chi connectivity index (χ0n) is 14.2. The minimum Gasteiger partial charge on any atom is -0.354 e. The van der Waals surface area contributed by atoms with Crippen LogP contribution < -0.4 is 16.0 Å². The number of hydrogen-bond acceptors (Lipinski definition) is 2. The molecule has 0 aromatic carbocycles. The summed E-state index contributed by atoms with van der Waals surface area (Å²) in [5, 5.41) is 8.59. The van der Waals surface area contributed by atoms with Crippen molar-refractivity contribution in [1.82, 2.24) is 16.0 Å². The fraction of sp³-hybridized carbons (Fsp3) is 0.882. The van der Waals surface area contributed by atoms with Gasteiger partial charge in [0.05, 0.1) is 0 Å². The van der Waals surface area contributed by atoms with Gasteiger partial charge in [-0.25, -0.2) is 4.79 Å². The van der Waals surface area contributed by atoms with Gasteiger partial charge in [0.2, 0.25) is 5.91 Å². The molecule has 1 fully saturated rings. The van der Waals surface area contributed by atoms with Crippen molar-refractivity contribution in [1.29, 1.82) is 0 Å². The minimum atomic E-state index is -0.144. The third-order valence-electron chi connectivity index (χ3n) is 4.30. The van der Waals surface area contributed by atoms with Crippen LogP contribution in [-0.2, 0) is 4.79 Å². The highest BCUT2D eigenvalue weighted by molar-refractivity contribution is 5.76. The van der Waals surface area contributed by atoms with Crippen LogP contribution in [0.5, 0.6) is 0 Å². The molecule has 1 saturated carbocycles. The van der Waals surface area contributed by atoms with E-state index in [0.29, 0.717) is 25.4 Å². The van der Waals surface area contributed by atoms with Gasteiger partial charge >= 0.3 is 6.03 Å². The number of amides is 3. The van der Waals surface area contributed by atoms with Crippen molar-refractivity contribution < 1.29 is 9.59 Å². The molecule has 0 aromatic heterocycles. The predicted octanol–water partition coefficient (Wildman–Crippen LogP) is 2.95. The Morgan fingerprint density at radius 3 is 2.45 bits per heavy atom. The first-order valence-corrected chi connectivity index (χ1v) is 8.93. The Bertz CT molecular complexity index is 328. The van der Waals surface area contributed by atoms with E-state index in [9.17, 15) is 9.59 Å². The van der Waals surface area contributed by atoms with Crippen LogP contribution >= 0.6 is 0 Å². The second-order valence-corrected chi connectivity index (χ2v) is 6.50. The monoisotopic (exact) mass is 311 g/mol. The first kappa shape index (κ1) is 18.8. The van der Waals surface area contributed by atoms with Crippen LogP contribution in [0.3, 0.4) is 0 Å². The van der Waals surface area contributed by atoms with Gasteiger partial charge in [-0.15, -0.1) is 0 Å². The number of carbonyl (C=O) groups excluding carboxylic acids is 2. The lowest BCUT2D eigenvalue weighted by molar-refractivity contribution is -0.121. The molecule has 0 saturated heterocycles. The molecule has 1 atom stereocenters. The van der Waals surface area contributed by atoms with Crippen molar-refractivity contribution in [3.05, 3.63) is 0 Å². The molecule has 128 valence electrons. The third-order valence-corrected chi connectivity index (χ3v) is 4.30. The largest absolute Gasteiger partial charge is 0.354 e. The minimum absolute atomic E-state index is 0.113. The van der Waals surface area contributed by atoms with Gasteiger partial charge in [0.1, 0.15) is 0 Å². The van der Waals surface area contributed by atoms with Gasteiger partial charge in [-0.3, -0.25) is 4.79 Å². The number of hydrogen-bond donors (Lipinski definition) is 3. The van der Waals surface area contributed by atoms with E-state index >= 15 is 0 Å². The Morgan fingerprint density at radius 2 is 1.77 bits per heavy atom. The summed E-state index contributed by atoms with van der Waals surface area (Å²) in [4.78, 5) is 23.4. The lowest BCUT2D eigenvalue weighted by atomic mass is 10.0. The van der Waals surface area contributed by atoms with Gasteiger partial charge in [-0.1, -0.05) is 39.0 Å². The highest BCUT2D eigenvalue weighted by Crippen LogP contribution is 2.27. The Kier molecular flexibility index (Phi) is 9.67. The summed E-state index contributed by atoms with van der Waals surface area (Å²) in [6.45, 7) is 5.18. The molecule has 22 heavy (non-hydrogen) atoms. The topological polar surface area (TPSA) is 70.2 Å². The van der Waals surface area contributed by atoms with Crippen molar-refractivity contribution in [2.45, 2.75) is 77.7 Å². The van der Waals surface area contributed by atoms with Gasteiger partial charge < -0.3 is 16.0 Å². The second kappa shape index (κ2) is 11.3. The quantitative estimate of drug-likeness (QED) is 0.543. The summed E-state index contributed by atoms with van der Waals surface area (Å²) >= 11 is 0. The number of unbranched alkanes of at least 4 members (excludes halogenated alkanes) is 2. The fourth-order valence-electron chi connectivity index (χ4n) is 2.97. The van der Waals surface area contributed by atoms with Crippen LogP contribution in [-0.4, -0.2) is 31.1 Å². The highest BCUT2D eigenvalue weighted by Gasteiger charge is 2.17. The molecule has 1 unspecified atom stereocenters. The molecule has 0 spiro atoms. The molecule has 5 heteroatoms. The molecule has 1 aliphatic rings. The standard InChI is InChI=1S/C17H33N3O2/c1-3-4-5-8-14(2)20-17(22)19-12-11-18-16(21)13-15-9-6-7-10-15/h14-15H,3-13H2,1-2H3,(H,18,21)(H2,19,20,22). The maximum absolute atomic E-state index is 11.7. The van der Waals surface area contributed by atoms with Crippen molar-refractivity contribution in [3.63, 3.8) is 0 Å². The summed E-state index contributed by atoms with van der Waals surface area (Å²) < 4.78 is 0. The SMILES string of the molecule is CCCCCC(C)NC(=O)NCCNC(=O)CC1CCCC1. The van der Waals surface area contributed by atoms with E-state index < -0.39 is 0 Å². The zero-order chi connectivity index (χ0) is 16.2. The predicted molar refractivity (Wildman–Crippen MR) is 89.7 cm³/mol. The Morgan fingerprint density at radius 1 is 1.09 bits per heavy atom. The summed E-state index contributed by atoms with van der Waals surface area (Å²) in [6.07, 6.45) is 10.1. The summed E-state index contributed by atoms with van der Waals surface area (Å²) in [5.74, 6) is 0.683. The number of carbonyl (C=O) groups is 2. The maximum atomic E-state index is 11.7. The average molecular weight is 311 g/mol. The van der Waals surface area contributed by atoms with Crippen LogP contribution in [0.4, 0.5) is 4.79 Å². The maximum Gasteiger partial charge on any atom is 0.315 e. The Labute approximate surface area is 135 Å². The molecule has 0 aromatic rings. The molecule has 3 amide bonds. The van der Waals surface area contributed by atoms with Crippen LogP contribution in [0.15, 0.2) is 0 Å². The van der Waals surface area contributed by atoms with E-state index in [0.717, 1.165) is 12.8 Å². The first-order valence-electron chi connectivity index (χ1n) is 8.93. The highest BCUT2D eigenvalue weighted by atomic mass is 16.2. The Hall–Kier alpha value is -1.26. The molecule has 3 N–H and O–H groups in total. The van der Waals surface area contributed by atoms with E-state index in [1.807, 2.05) is 6.92 Å². The fourth-order valence-corrected chi connectivity index (χ4v) is 2.97. The lowest BCUT2D eigenvalue weighted by Gasteiger charge is -2.15. The van der Waals surface area contributed by atoms with Crippen molar-refractivity contribution in [2.24, 2.45) is 5.92 Å². The van der Waals surface area contributed by atoms with Crippen molar-refractivity contribution in [3.8, 4) is 0 Å². The summed E-state index contributed by atoms with van der Waals surface area (Å²) in [6, 6.07) is 0.0533. The van der Waals surface area contributed by atoms with Gasteiger partial charge in [0.15, 0.2) is 0 Å². The molecular weight excluding hydrogens is 278 g/mol. The summed E-state index contributed by atoms with van der Waals surface area (Å²) in [5.41, 5.74) is 0. The normalized spacial score (nSPS) is 16.3. The van der Waals surface area contributed by atoms with Crippen LogP contribution in [0.1, 0.15) is 71.6 Å². The molecule has 0 bridgehead atoms. The molecule has 0 radical (unpaired) electrons. The van der Waals surface area contributed by atoms with E-state index in [1.54, 1.807) is 0 Å². The molecule has 0 aliphatic heterocycles. The lowest BCUT2D eigenvalue weighted by Crippen LogP contribution is -2.43. The molecule has 0 heterocycles. The van der Waals surface area contributed by atoms with Crippen LogP contribution in [0, 0.1) is 5.92 Å². The molecular formula is C17H33N3O2. The second-order valence-electron chi connectivity index (χ2n) is 6.50. The van der Waals surface area contributed by atoms with Gasteiger partial charge in [-0.05, 0) is 32.1 Å². The van der Waals surface area contributed by atoms with Gasteiger partial charge in [0, 0.05) is 25.6 Å². The van der Waals surface area contributed by atoms with E-state index in [1.165, 1.54) is 38.5 Å². The van der Waals surface area contributed by atoms with Gasteiger partial charge in [-0.2, -0.15) is 0 Å². The van der Waals surface area contributed by atoms with E-state index in [2.05, 4.69) is 22.9 Å². The smallest absolute Gasteiger partial charge is 0.315 e. The molecule has 1 rings (SSSR count). The Balaban J connectivity index is 1.98. The van der Waals surface area contributed by atoms with E-state index in [4.69, 9.17) is 0 Å². The number of rotatable bonds is 10. The van der Waals surface area contributed by atoms with Crippen molar-refractivity contribution in [2.75, 3.05) is 13.1 Å². The number of nitrogens with one attached hydrogen (secondary N) is 3. The van der Waals surface area contributed by atoms with E-state index in [-0.39, 0.29) is 18.0 Å². The van der Waals surface area contributed by atoms with Crippen LogP contribution in [0.25, 0.3) is 0 Å². The first-order chi connectivity index (χ1) is 10.6. The number of urea groups is 1. The third kappa shape index (κ3) is 8.90. The van der Waals surface area contributed by atoms with Crippen molar-refractivity contribution >= 4 is 11.9 Å².